The Bertz CT molecular complexity index is 752. The SMILES string of the molecule is Cc1ccc(S(=O)(=O)Oc2ccccc2CC(C)N(C)C)cc1. The molecule has 124 valence electrons. The lowest BCUT2D eigenvalue weighted by atomic mass is 10.1. The molecule has 0 aromatic heterocycles. The molecule has 0 aliphatic rings. The van der Waals surface area contributed by atoms with Gasteiger partial charge in [0, 0.05) is 6.04 Å². The molecule has 0 saturated carbocycles. The zero-order chi connectivity index (χ0) is 17.0. The fourth-order valence-electron chi connectivity index (χ4n) is 2.13. The number of likely N-dealkylation sites (N-methyl/N-ethyl adjacent to an activating group) is 1. The van der Waals surface area contributed by atoms with Gasteiger partial charge in [-0.15, -0.1) is 0 Å². The minimum Gasteiger partial charge on any atom is -0.379 e. The van der Waals surface area contributed by atoms with Crippen molar-refractivity contribution in [3.63, 3.8) is 0 Å². The average Bonchev–Trinajstić information content (AvgIpc) is 2.49. The van der Waals surface area contributed by atoms with Crippen molar-refractivity contribution in [2.24, 2.45) is 0 Å². The molecule has 0 N–H and O–H groups in total. The first-order chi connectivity index (χ1) is 10.8. The minimum atomic E-state index is -3.82. The van der Waals surface area contributed by atoms with Crippen molar-refractivity contribution in [3.8, 4) is 5.75 Å². The van der Waals surface area contributed by atoms with Crippen LogP contribution in [0.3, 0.4) is 0 Å². The van der Waals surface area contributed by atoms with Crippen molar-refractivity contribution in [2.45, 2.75) is 31.2 Å². The summed E-state index contributed by atoms with van der Waals surface area (Å²) in [5.74, 6) is 0.391. The van der Waals surface area contributed by atoms with E-state index in [0.717, 1.165) is 11.1 Å². The summed E-state index contributed by atoms with van der Waals surface area (Å²) in [6.45, 7) is 4.00. The molecule has 4 nitrogen and oxygen atoms in total. The highest BCUT2D eigenvalue weighted by Gasteiger charge is 2.19. The Morgan fingerprint density at radius 2 is 1.65 bits per heavy atom. The van der Waals surface area contributed by atoms with E-state index < -0.39 is 10.1 Å². The van der Waals surface area contributed by atoms with Crippen molar-refractivity contribution in [1.82, 2.24) is 4.90 Å². The normalized spacial score (nSPS) is 13.1. The summed E-state index contributed by atoms with van der Waals surface area (Å²) in [6, 6.07) is 14.2. The summed E-state index contributed by atoms with van der Waals surface area (Å²) in [5.41, 5.74) is 1.88. The van der Waals surface area contributed by atoms with Gasteiger partial charge in [-0.2, -0.15) is 8.42 Å². The maximum atomic E-state index is 12.5. The van der Waals surface area contributed by atoms with E-state index in [1.165, 1.54) is 0 Å². The Kier molecular flexibility index (Phi) is 5.44. The Morgan fingerprint density at radius 3 is 2.26 bits per heavy atom. The maximum absolute atomic E-state index is 12.5. The molecule has 2 aromatic carbocycles. The van der Waals surface area contributed by atoms with Crippen molar-refractivity contribution in [1.29, 1.82) is 0 Å². The molecule has 0 spiro atoms. The van der Waals surface area contributed by atoms with E-state index in [9.17, 15) is 8.42 Å². The second-order valence-electron chi connectivity index (χ2n) is 5.97. The fourth-order valence-corrected chi connectivity index (χ4v) is 3.09. The summed E-state index contributed by atoms with van der Waals surface area (Å²) in [5, 5.41) is 0. The lowest BCUT2D eigenvalue weighted by Crippen LogP contribution is -2.27. The summed E-state index contributed by atoms with van der Waals surface area (Å²) in [4.78, 5) is 2.25. The van der Waals surface area contributed by atoms with E-state index >= 15 is 0 Å². The molecule has 1 unspecified atom stereocenters. The fraction of sp³-hybridized carbons (Fsp3) is 0.333. The number of rotatable bonds is 6. The van der Waals surface area contributed by atoms with Gasteiger partial charge in [0.25, 0.3) is 0 Å². The summed E-state index contributed by atoms with van der Waals surface area (Å²) < 4.78 is 30.3. The van der Waals surface area contributed by atoms with Crippen LogP contribution in [-0.4, -0.2) is 33.5 Å². The third-order valence-electron chi connectivity index (χ3n) is 3.88. The van der Waals surface area contributed by atoms with Gasteiger partial charge in [0.05, 0.1) is 0 Å². The number of nitrogens with zero attached hydrogens (tertiary/aromatic N) is 1. The highest BCUT2D eigenvalue weighted by Crippen LogP contribution is 2.24. The third kappa shape index (κ3) is 4.56. The van der Waals surface area contributed by atoms with Crippen LogP contribution in [0.1, 0.15) is 18.1 Å². The number of hydrogen-bond donors (Lipinski definition) is 0. The van der Waals surface area contributed by atoms with Crippen molar-refractivity contribution in [3.05, 3.63) is 59.7 Å². The highest BCUT2D eigenvalue weighted by atomic mass is 32.2. The molecule has 2 rings (SSSR count). The van der Waals surface area contributed by atoms with E-state index in [0.29, 0.717) is 12.2 Å². The van der Waals surface area contributed by atoms with Crippen LogP contribution in [0.5, 0.6) is 5.75 Å². The quantitative estimate of drug-likeness (QED) is 0.761. The number of para-hydroxylation sites is 1. The van der Waals surface area contributed by atoms with Gasteiger partial charge in [0.2, 0.25) is 0 Å². The van der Waals surface area contributed by atoms with Crippen LogP contribution in [-0.2, 0) is 16.5 Å². The molecule has 0 saturated heterocycles. The first-order valence-corrected chi connectivity index (χ1v) is 8.96. The molecule has 2 aromatic rings. The largest absolute Gasteiger partial charge is 0.379 e. The molecule has 0 fully saturated rings. The molecule has 23 heavy (non-hydrogen) atoms. The molecule has 0 amide bonds. The third-order valence-corrected chi connectivity index (χ3v) is 5.13. The van der Waals surface area contributed by atoms with E-state index in [4.69, 9.17) is 4.18 Å². The molecule has 1 atom stereocenters. The van der Waals surface area contributed by atoms with Crippen molar-refractivity contribution in [2.75, 3.05) is 14.1 Å². The lowest BCUT2D eigenvalue weighted by molar-refractivity contribution is 0.311. The lowest BCUT2D eigenvalue weighted by Gasteiger charge is -2.21. The molecular formula is C18H23NO3S. The summed E-state index contributed by atoms with van der Waals surface area (Å²) >= 11 is 0. The predicted octanol–water partition coefficient (Wildman–Crippen LogP) is 3.26. The Labute approximate surface area is 138 Å². The van der Waals surface area contributed by atoms with Gasteiger partial charge in [-0.3, -0.25) is 0 Å². The monoisotopic (exact) mass is 333 g/mol. The second-order valence-corrected chi connectivity index (χ2v) is 7.52. The van der Waals surface area contributed by atoms with E-state index in [-0.39, 0.29) is 10.9 Å². The number of hydrogen-bond acceptors (Lipinski definition) is 4. The van der Waals surface area contributed by atoms with Gasteiger partial charge in [0.15, 0.2) is 0 Å². The highest BCUT2D eigenvalue weighted by molar-refractivity contribution is 7.87. The average molecular weight is 333 g/mol. The molecule has 0 aliphatic heterocycles. The number of aryl methyl sites for hydroxylation is 1. The van der Waals surface area contributed by atoms with Crippen LogP contribution in [0, 0.1) is 6.92 Å². The van der Waals surface area contributed by atoms with Gasteiger partial charge in [-0.1, -0.05) is 35.9 Å². The van der Waals surface area contributed by atoms with Gasteiger partial charge < -0.3 is 9.08 Å². The van der Waals surface area contributed by atoms with Crippen LogP contribution >= 0.6 is 0 Å². The Morgan fingerprint density at radius 1 is 1.04 bits per heavy atom. The van der Waals surface area contributed by atoms with Crippen LogP contribution in [0.25, 0.3) is 0 Å². The second kappa shape index (κ2) is 7.15. The van der Waals surface area contributed by atoms with Crippen molar-refractivity contribution >= 4 is 10.1 Å². The molecular weight excluding hydrogens is 310 g/mol. The molecule has 0 heterocycles. The van der Waals surface area contributed by atoms with Crippen LogP contribution in [0.15, 0.2) is 53.4 Å². The maximum Gasteiger partial charge on any atom is 0.339 e. The Balaban J connectivity index is 2.27. The molecule has 5 heteroatoms. The molecule has 0 bridgehead atoms. The zero-order valence-electron chi connectivity index (χ0n) is 14.0. The van der Waals surface area contributed by atoms with Gasteiger partial charge in [0.1, 0.15) is 10.6 Å². The summed E-state index contributed by atoms with van der Waals surface area (Å²) in [7, 11) is 0.172. The topological polar surface area (TPSA) is 46.6 Å². The van der Waals surface area contributed by atoms with E-state index in [2.05, 4.69) is 11.8 Å². The smallest absolute Gasteiger partial charge is 0.339 e. The van der Waals surface area contributed by atoms with Crippen LogP contribution in [0.2, 0.25) is 0 Å². The number of benzene rings is 2. The van der Waals surface area contributed by atoms with Crippen LogP contribution < -0.4 is 4.18 Å². The first kappa shape index (κ1) is 17.5. The molecule has 0 aliphatic carbocycles. The predicted molar refractivity (Wildman–Crippen MR) is 92.3 cm³/mol. The van der Waals surface area contributed by atoms with Crippen LogP contribution in [0.4, 0.5) is 0 Å². The molecule has 0 radical (unpaired) electrons. The van der Waals surface area contributed by atoms with Gasteiger partial charge in [-0.25, -0.2) is 0 Å². The van der Waals surface area contributed by atoms with E-state index in [1.807, 2.05) is 33.2 Å². The minimum absolute atomic E-state index is 0.165. The first-order valence-electron chi connectivity index (χ1n) is 7.55. The van der Waals surface area contributed by atoms with Crippen molar-refractivity contribution < 1.29 is 12.6 Å². The standard InChI is InChI=1S/C18H23NO3S/c1-14-9-11-17(12-10-14)23(20,21)22-18-8-6-5-7-16(18)13-15(2)19(3)4/h5-12,15H,13H2,1-4H3. The van der Waals surface area contributed by atoms with Gasteiger partial charge in [-0.05, 0) is 58.1 Å². The zero-order valence-corrected chi connectivity index (χ0v) is 14.8. The Hall–Kier alpha value is -1.85. The summed E-state index contributed by atoms with van der Waals surface area (Å²) in [6.07, 6.45) is 0.715. The van der Waals surface area contributed by atoms with E-state index in [1.54, 1.807) is 36.4 Å². The van der Waals surface area contributed by atoms with Gasteiger partial charge >= 0.3 is 10.1 Å².